The van der Waals surface area contributed by atoms with Gasteiger partial charge in [-0.05, 0) is 48.9 Å². The predicted octanol–water partition coefficient (Wildman–Crippen LogP) is 3.36. The van der Waals surface area contributed by atoms with Gasteiger partial charge in [-0.15, -0.1) is 0 Å². The maximum atomic E-state index is 5.49. The minimum atomic E-state index is 0.368. The highest BCUT2D eigenvalue weighted by Crippen LogP contribution is 2.53. The molecule has 2 heteroatoms. The number of hydrogen-bond acceptors (Lipinski definition) is 2. The summed E-state index contributed by atoms with van der Waals surface area (Å²) in [6.45, 7) is 10.7. The van der Waals surface area contributed by atoms with E-state index in [4.69, 9.17) is 4.74 Å². The summed E-state index contributed by atoms with van der Waals surface area (Å²) < 4.78 is 5.49. The highest BCUT2D eigenvalue weighted by Gasteiger charge is 2.50. The van der Waals surface area contributed by atoms with Crippen LogP contribution in [0.15, 0.2) is 24.3 Å². The number of hydrogen-bond donors (Lipinski definition) is 1. The lowest BCUT2D eigenvalue weighted by Crippen LogP contribution is -2.26. The third kappa shape index (κ3) is 2.86. The second-order valence-corrected chi connectivity index (χ2v) is 5.84. The number of rotatable bonds is 6. The van der Waals surface area contributed by atoms with E-state index in [0.717, 1.165) is 24.8 Å². The van der Waals surface area contributed by atoms with Crippen LogP contribution in [0.25, 0.3) is 0 Å². The predicted molar refractivity (Wildman–Crippen MR) is 76.2 cm³/mol. The van der Waals surface area contributed by atoms with E-state index in [1.165, 1.54) is 12.0 Å². The van der Waals surface area contributed by atoms with Gasteiger partial charge in [-0.2, -0.15) is 0 Å². The quantitative estimate of drug-likeness (QED) is 0.832. The summed E-state index contributed by atoms with van der Waals surface area (Å²) in [4.78, 5) is 0. The van der Waals surface area contributed by atoms with Crippen molar-refractivity contribution in [1.29, 1.82) is 0 Å². The average Bonchev–Trinajstić information content (AvgIpc) is 3.01. The zero-order chi connectivity index (χ0) is 13.2. The molecule has 2 rings (SSSR count). The minimum absolute atomic E-state index is 0.368. The molecule has 0 amide bonds. The van der Waals surface area contributed by atoms with E-state index in [1.54, 1.807) is 0 Å². The standard InChI is InChI=1S/C16H25NO/c1-5-18-15-8-6-13(7-9-15)16(4)10-14(16)11-17-12(2)3/h6-9,12,14,17H,5,10-11H2,1-4H3. The SMILES string of the molecule is CCOc1ccc(C2(C)CC2CNC(C)C)cc1. The topological polar surface area (TPSA) is 21.3 Å². The van der Waals surface area contributed by atoms with E-state index in [9.17, 15) is 0 Å². The van der Waals surface area contributed by atoms with Crippen molar-refractivity contribution < 1.29 is 4.74 Å². The van der Waals surface area contributed by atoms with Gasteiger partial charge in [-0.25, -0.2) is 0 Å². The molecular formula is C16H25NO. The first-order chi connectivity index (χ1) is 8.56. The van der Waals surface area contributed by atoms with Crippen LogP contribution in [0.3, 0.4) is 0 Å². The highest BCUT2D eigenvalue weighted by atomic mass is 16.5. The molecule has 100 valence electrons. The second-order valence-electron chi connectivity index (χ2n) is 5.84. The van der Waals surface area contributed by atoms with Crippen molar-refractivity contribution in [2.24, 2.45) is 5.92 Å². The Morgan fingerprint density at radius 1 is 1.33 bits per heavy atom. The van der Waals surface area contributed by atoms with Gasteiger partial charge in [0.1, 0.15) is 5.75 Å². The first-order valence-corrected chi connectivity index (χ1v) is 7.03. The molecule has 1 aliphatic rings. The van der Waals surface area contributed by atoms with Crippen molar-refractivity contribution in [3.05, 3.63) is 29.8 Å². The molecule has 1 aromatic carbocycles. The molecule has 18 heavy (non-hydrogen) atoms. The Hall–Kier alpha value is -1.02. The van der Waals surface area contributed by atoms with Gasteiger partial charge in [0.05, 0.1) is 6.61 Å². The van der Waals surface area contributed by atoms with Crippen molar-refractivity contribution in [2.75, 3.05) is 13.2 Å². The Kier molecular flexibility index (Phi) is 3.96. The van der Waals surface area contributed by atoms with Crippen LogP contribution < -0.4 is 10.1 Å². The van der Waals surface area contributed by atoms with E-state index >= 15 is 0 Å². The maximum Gasteiger partial charge on any atom is 0.119 e. The van der Waals surface area contributed by atoms with Gasteiger partial charge in [0, 0.05) is 6.04 Å². The largest absolute Gasteiger partial charge is 0.494 e. The minimum Gasteiger partial charge on any atom is -0.494 e. The van der Waals surface area contributed by atoms with Crippen LogP contribution in [0.2, 0.25) is 0 Å². The summed E-state index contributed by atoms with van der Waals surface area (Å²) in [5.41, 5.74) is 1.81. The summed E-state index contributed by atoms with van der Waals surface area (Å²) in [6.07, 6.45) is 1.29. The number of benzene rings is 1. The van der Waals surface area contributed by atoms with Crippen LogP contribution >= 0.6 is 0 Å². The van der Waals surface area contributed by atoms with Crippen LogP contribution in [0.1, 0.15) is 39.7 Å². The number of ether oxygens (including phenoxy) is 1. The zero-order valence-electron chi connectivity index (χ0n) is 12.0. The normalized spacial score (nSPS) is 26.4. The second kappa shape index (κ2) is 5.31. The molecule has 0 aromatic heterocycles. The first kappa shape index (κ1) is 13.4. The highest BCUT2D eigenvalue weighted by molar-refractivity contribution is 5.37. The Balaban J connectivity index is 1.95. The lowest BCUT2D eigenvalue weighted by atomic mass is 9.95. The lowest BCUT2D eigenvalue weighted by Gasteiger charge is -2.14. The Morgan fingerprint density at radius 2 is 2.00 bits per heavy atom. The first-order valence-electron chi connectivity index (χ1n) is 7.03. The van der Waals surface area contributed by atoms with Gasteiger partial charge >= 0.3 is 0 Å². The van der Waals surface area contributed by atoms with Gasteiger partial charge < -0.3 is 10.1 Å². The summed E-state index contributed by atoms with van der Waals surface area (Å²) >= 11 is 0. The summed E-state index contributed by atoms with van der Waals surface area (Å²) in [7, 11) is 0. The van der Waals surface area contributed by atoms with E-state index in [-0.39, 0.29) is 0 Å². The van der Waals surface area contributed by atoms with E-state index in [0.29, 0.717) is 11.5 Å². The third-order valence-corrected chi connectivity index (χ3v) is 4.01. The molecule has 0 heterocycles. The third-order valence-electron chi connectivity index (χ3n) is 4.01. The molecule has 1 aromatic rings. The van der Waals surface area contributed by atoms with Gasteiger partial charge in [0.15, 0.2) is 0 Å². The molecule has 0 spiro atoms. The molecule has 2 unspecified atom stereocenters. The van der Waals surface area contributed by atoms with Gasteiger partial charge in [-0.1, -0.05) is 32.9 Å². The fourth-order valence-electron chi connectivity index (χ4n) is 2.58. The van der Waals surface area contributed by atoms with E-state index in [1.807, 2.05) is 6.92 Å². The van der Waals surface area contributed by atoms with Gasteiger partial charge in [0.2, 0.25) is 0 Å². The molecular weight excluding hydrogens is 222 g/mol. The Labute approximate surface area is 111 Å². The van der Waals surface area contributed by atoms with Crippen molar-refractivity contribution in [1.82, 2.24) is 5.32 Å². The lowest BCUT2D eigenvalue weighted by molar-refractivity contribution is 0.340. The van der Waals surface area contributed by atoms with Crippen molar-refractivity contribution >= 4 is 0 Å². The molecule has 1 saturated carbocycles. The Morgan fingerprint density at radius 3 is 2.56 bits per heavy atom. The molecule has 1 N–H and O–H groups in total. The van der Waals surface area contributed by atoms with Crippen LogP contribution in [-0.2, 0) is 5.41 Å². The molecule has 0 aliphatic heterocycles. The van der Waals surface area contributed by atoms with Gasteiger partial charge in [0.25, 0.3) is 0 Å². The smallest absolute Gasteiger partial charge is 0.119 e. The molecule has 0 radical (unpaired) electrons. The van der Waals surface area contributed by atoms with Crippen LogP contribution in [0.4, 0.5) is 0 Å². The number of nitrogens with one attached hydrogen (secondary N) is 1. The van der Waals surface area contributed by atoms with E-state index in [2.05, 4.69) is 50.4 Å². The molecule has 0 bridgehead atoms. The molecule has 1 aliphatic carbocycles. The molecule has 0 saturated heterocycles. The average molecular weight is 247 g/mol. The van der Waals surface area contributed by atoms with Crippen molar-refractivity contribution in [3.8, 4) is 5.75 Å². The monoisotopic (exact) mass is 247 g/mol. The summed E-state index contributed by atoms with van der Waals surface area (Å²) in [6, 6.07) is 9.21. The fraction of sp³-hybridized carbons (Fsp3) is 0.625. The zero-order valence-corrected chi connectivity index (χ0v) is 12.0. The van der Waals surface area contributed by atoms with Crippen molar-refractivity contribution in [2.45, 2.75) is 45.6 Å². The van der Waals surface area contributed by atoms with E-state index < -0.39 is 0 Å². The van der Waals surface area contributed by atoms with Crippen molar-refractivity contribution in [3.63, 3.8) is 0 Å². The summed E-state index contributed by atoms with van der Waals surface area (Å²) in [5.74, 6) is 1.75. The molecule has 2 atom stereocenters. The van der Waals surface area contributed by atoms with Crippen LogP contribution in [0.5, 0.6) is 5.75 Å². The van der Waals surface area contributed by atoms with Gasteiger partial charge in [-0.3, -0.25) is 0 Å². The molecule has 2 nitrogen and oxygen atoms in total. The summed E-state index contributed by atoms with van der Waals surface area (Å²) in [5, 5.41) is 3.54. The Bertz CT molecular complexity index is 385. The molecule has 1 fully saturated rings. The van der Waals surface area contributed by atoms with Crippen LogP contribution in [0, 0.1) is 5.92 Å². The fourth-order valence-corrected chi connectivity index (χ4v) is 2.58. The maximum absolute atomic E-state index is 5.49. The van der Waals surface area contributed by atoms with Crippen LogP contribution in [-0.4, -0.2) is 19.2 Å².